The van der Waals surface area contributed by atoms with E-state index in [1.54, 1.807) is 20.9 Å². The molecule has 0 aliphatic carbocycles. The number of aromatic nitrogens is 2. The van der Waals surface area contributed by atoms with E-state index in [9.17, 15) is 9.59 Å². The van der Waals surface area contributed by atoms with Gasteiger partial charge in [0.15, 0.2) is 5.92 Å². The van der Waals surface area contributed by atoms with Crippen molar-refractivity contribution in [1.29, 1.82) is 0 Å². The first-order valence-electron chi connectivity index (χ1n) is 5.45. The van der Waals surface area contributed by atoms with Crippen LogP contribution in [0.25, 0.3) is 0 Å². The molecule has 0 amide bonds. The zero-order valence-corrected chi connectivity index (χ0v) is 11.2. The summed E-state index contributed by atoms with van der Waals surface area (Å²) in [6.07, 6.45) is -0.0374. The van der Waals surface area contributed by atoms with E-state index in [4.69, 9.17) is 21.4 Å². The minimum absolute atomic E-state index is 0.0374. The van der Waals surface area contributed by atoms with Crippen molar-refractivity contribution in [1.82, 2.24) is 9.78 Å². The Morgan fingerprint density at radius 1 is 1.56 bits per heavy atom. The van der Waals surface area contributed by atoms with Crippen LogP contribution in [0.4, 0.5) is 0 Å². The van der Waals surface area contributed by atoms with Crippen molar-refractivity contribution in [2.75, 3.05) is 6.61 Å². The van der Waals surface area contributed by atoms with E-state index in [1.807, 2.05) is 0 Å². The van der Waals surface area contributed by atoms with Crippen molar-refractivity contribution in [2.24, 2.45) is 13.0 Å². The number of rotatable bonds is 5. The van der Waals surface area contributed by atoms with Crippen LogP contribution in [0.3, 0.4) is 0 Å². The lowest BCUT2D eigenvalue weighted by Gasteiger charge is -2.11. The van der Waals surface area contributed by atoms with Gasteiger partial charge in [0.05, 0.1) is 23.0 Å². The molecule has 0 aliphatic rings. The molecule has 1 heterocycles. The van der Waals surface area contributed by atoms with E-state index < -0.39 is 17.9 Å². The highest BCUT2D eigenvalue weighted by Crippen LogP contribution is 2.23. The lowest BCUT2D eigenvalue weighted by atomic mass is 10.0. The molecular formula is C11H15ClN2O4. The van der Waals surface area contributed by atoms with Gasteiger partial charge >= 0.3 is 11.9 Å². The zero-order valence-electron chi connectivity index (χ0n) is 10.4. The van der Waals surface area contributed by atoms with Crippen LogP contribution in [0.5, 0.6) is 0 Å². The van der Waals surface area contributed by atoms with Gasteiger partial charge in [0, 0.05) is 13.5 Å². The Balaban J connectivity index is 2.97. The minimum Gasteiger partial charge on any atom is -0.481 e. The first-order chi connectivity index (χ1) is 8.38. The van der Waals surface area contributed by atoms with Gasteiger partial charge in [-0.05, 0) is 13.8 Å². The molecule has 0 fully saturated rings. The van der Waals surface area contributed by atoms with Crippen molar-refractivity contribution >= 4 is 23.5 Å². The highest BCUT2D eigenvalue weighted by Gasteiger charge is 2.30. The molecule has 0 saturated heterocycles. The van der Waals surface area contributed by atoms with Gasteiger partial charge in [0.1, 0.15) is 0 Å². The summed E-state index contributed by atoms with van der Waals surface area (Å²) in [5.74, 6) is -3.26. The third-order valence-electron chi connectivity index (χ3n) is 2.53. The molecule has 1 aromatic heterocycles. The third-order valence-corrected chi connectivity index (χ3v) is 3.02. The van der Waals surface area contributed by atoms with Crippen LogP contribution < -0.4 is 0 Å². The van der Waals surface area contributed by atoms with Crippen molar-refractivity contribution in [3.63, 3.8) is 0 Å². The second-order valence-electron chi connectivity index (χ2n) is 3.82. The number of carboxylic acid groups (broad SMARTS) is 1. The molecule has 7 heteroatoms. The Morgan fingerprint density at radius 3 is 2.56 bits per heavy atom. The smallest absolute Gasteiger partial charge is 0.320 e. The fourth-order valence-electron chi connectivity index (χ4n) is 1.61. The molecule has 100 valence electrons. The summed E-state index contributed by atoms with van der Waals surface area (Å²) < 4.78 is 6.21. The second-order valence-corrected chi connectivity index (χ2v) is 4.19. The lowest BCUT2D eigenvalue weighted by Crippen LogP contribution is -2.28. The number of aliphatic carboxylic acids is 1. The van der Waals surface area contributed by atoms with Gasteiger partial charge in [0.25, 0.3) is 0 Å². The van der Waals surface area contributed by atoms with Gasteiger partial charge in [-0.15, -0.1) is 0 Å². The molecule has 0 radical (unpaired) electrons. The molecule has 1 atom stereocenters. The van der Waals surface area contributed by atoms with Crippen LogP contribution in [0.2, 0.25) is 5.02 Å². The number of esters is 1. The van der Waals surface area contributed by atoms with E-state index in [0.717, 1.165) is 0 Å². The van der Waals surface area contributed by atoms with Gasteiger partial charge in [-0.2, -0.15) is 5.10 Å². The predicted molar refractivity (Wildman–Crippen MR) is 64.4 cm³/mol. The highest BCUT2D eigenvalue weighted by atomic mass is 35.5. The Hall–Kier alpha value is -1.56. The van der Waals surface area contributed by atoms with Gasteiger partial charge < -0.3 is 9.84 Å². The fourth-order valence-corrected chi connectivity index (χ4v) is 1.85. The van der Waals surface area contributed by atoms with E-state index in [1.165, 1.54) is 4.68 Å². The molecule has 6 nitrogen and oxygen atoms in total. The Morgan fingerprint density at radius 2 is 2.17 bits per heavy atom. The Kier molecular flexibility index (Phi) is 4.72. The maximum atomic E-state index is 11.5. The summed E-state index contributed by atoms with van der Waals surface area (Å²) in [5, 5.41) is 13.5. The number of ether oxygens (including phenoxy) is 1. The fraction of sp³-hybridized carbons (Fsp3) is 0.545. The summed E-state index contributed by atoms with van der Waals surface area (Å²) in [6.45, 7) is 3.48. The van der Waals surface area contributed by atoms with Crippen molar-refractivity contribution in [3.05, 3.63) is 16.4 Å². The monoisotopic (exact) mass is 274 g/mol. The summed E-state index contributed by atoms with van der Waals surface area (Å²) >= 11 is 6.02. The molecule has 1 unspecified atom stereocenters. The number of nitrogens with zero attached hydrogens (tertiary/aromatic N) is 2. The maximum absolute atomic E-state index is 11.5. The number of aryl methyl sites for hydroxylation is 2. The number of carbonyl (C=O) groups excluding carboxylic acids is 1. The molecule has 1 aromatic rings. The molecule has 1 N–H and O–H groups in total. The van der Waals surface area contributed by atoms with Crippen LogP contribution in [-0.2, 0) is 27.8 Å². The quantitative estimate of drug-likeness (QED) is 0.644. The first kappa shape index (κ1) is 14.5. The Labute approximate surface area is 109 Å². The summed E-state index contributed by atoms with van der Waals surface area (Å²) in [7, 11) is 1.65. The van der Waals surface area contributed by atoms with Crippen molar-refractivity contribution in [2.45, 2.75) is 20.3 Å². The SMILES string of the molecule is CCOC(=O)C(Cc1c(Cl)c(C)nn1C)C(=O)O. The third kappa shape index (κ3) is 3.01. The van der Waals surface area contributed by atoms with Gasteiger partial charge in [-0.1, -0.05) is 11.6 Å². The van der Waals surface area contributed by atoms with Gasteiger partial charge in [-0.25, -0.2) is 0 Å². The molecule has 1 rings (SSSR count). The van der Waals surface area contributed by atoms with Crippen molar-refractivity contribution in [3.8, 4) is 0 Å². The van der Waals surface area contributed by atoms with Crippen LogP contribution in [-0.4, -0.2) is 33.4 Å². The average molecular weight is 275 g/mol. The Bertz CT molecular complexity index is 470. The van der Waals surface area contributed by atoms with E-state index >= 15 is 0 Å². The van der Waals surface area contributed by atoms with E-state index in [2.05, 4.69) is 5.10 Å². The second kappa shape index (κ2) is 5.86. The minimum atomic E-state index is -1.27. The summed E-state index contributed by atoms with van der Waals surface area (Å²) in [5.41, 5.74) is 1.11. The highest BCUT2D eigenvalue weighted by molar-refractivity contribution is 6.31. The molecule has 0 aromatic carbocycles. The lowest BCUT2D eigenvalue weighted by molar-refractivity contribution is -0.158. The van der Waals surface area contributed by atoms with Crippen LogP contribution in [0.1, 0.15) is 18.3 Å². The normalized spacial score (nSPS) is 12.2. The number of carboxylic acids is 1. The topological polar surface area (TPSA) is 81.4 Å². The first-order valence-corrected chi connectivity index (χ1v) is 5.83. The van der Waals surface area contributed by atoms with Crippen LogP contribution >= 0.6 is 11.6 Å². The van der Waals surface area contributed by atoms with Gasteiger partial charge in [0.2, 0.25) is 0 Å². The predicted octanol–water partition coefficient (Wildman–Crippen LogP) is 1.19. The van der Waals surface area contributed by atoms with Crippen LogP contribution in [0, 0.1) is 12.8 Å². The molecule has 0 bridgehead atoms. The van der Waals surface area contributed by atoms with E-state index in [-0.39, 0.29) is 13.0 Å². The average Bonchev–Trinajstić information content (AvgIpc) is 2.50. The molecule has 0 aliphatic heterocycles. The summed E-state index contributed by atoms with van der Waals surface area (Å²) in [4.78, 5) is 22.6. The van der Waals surface area contributed by atoms with Crippen LogP contribution in [0.15, 0.2) is 0 Å². The number of hydrogen-bond donors (Lipinski definition) is 1. The zero-order chi connectivity index (χ0) is 13.9. The molecule has 18 heavy (non-hydrogen) atoms. The van der Waals surface area contributed by atoms with Crippen molar-refractivity contribution < 1.29 is 19.4 Å². The largest absolute Gasteiger partial charge is 0.481 e. The molecule has 0 saturated carbocycles. The number of hydrogen-bond acceptors (Lipinski definition) is 4. The number of carbonyl (C=O) groups is 2. The number of halogens is 1. The van der Waals surface area contributed by atoms with Gasteiger partial charge in [-0.3, -0.25) is 14.3 Å². The maximum Gasteiger partial charge on any atom is 0.320 e. The van der Waals surface area contributed by atoms with E-state index in [0.29, 0.717) is 16.4 Å². The summed E-state index contributed by atoms with van der Waals surface area (Å²) in [6, 6.07) is 0. The molecular weight excluding hydrogens is 260 g/mol. The molecule has 0 spiro atoms. The standard InChI is InChI=1S/C11H15ClN2O4/c1-4-18-11(17)7(10(15)16)5-8-9(12)6(2)13-14(8)3/h7H,4-5H2,1-3H3,(H,15,16).